The molecule has 0 atom stereocenters. The van der Waals surface area contributed by atoms with Crippen LogP contribution in [0.2, 0.25) is 5.02 Å². The summed E-state index contributed by atoms with van der Waals surface area (Å²) in [4.78, 5) is 0. The lowest BCUT2D eigenvalue weighted by atomic mass is 10.1. The predicted octanol–water partition coefficient (Wildman–Crippen LogP) is 2.47. The van der Waals surface area contributed by atoms with Gasteiger partial charge < -0.3 is 0 Å². The number of benzene rings is 1. The summed E-state index contributed by atoms with van der Waals surface area (Å²) >= 11 is 5.99. The molecule has 0 heterocycles. The van der Waals surface area contributed by atoms with Crippen LogP contribution in [0.5, 0.6) is 0 Å². The van der Waals surface area contributed by atoms with E-state index in [1.54, 1.807) is 12.1 Å². The Morgan fingerprint density at radius 3 is 2.38 bits per heavy atom. The third-order valence-electron chi connectivity index (χ3n) is 2.76. The van der Waals surface area contributed by atoms with Gasteiger partial charge in [0.2, 0.25) is 10.0 Å². The van der Waals surface area contributed by atoms with Crippen molar-refractivity contribution in [3.05, 3.63) is 28.8 Å². The Bertz CT molecular complexity index is 684. The molecule has 1 rings (SSSR count). The van der Waals surface area contributed by atoms with Gasteiger partial charge in [0.05, 0.1) is 22.2 Å². The molecule has 0 aromatic heterocycles. The minimum absolute atomic E-state index is 0.0560. The highest BCUT2D eigenvalue weighted by Crippen LogP contribution is 2.25. The maximum absolute atomic E-state index is 11.9. The SMILES string of the molecule is CCCc1ccc(Cl)c(NS(=O)(=O)CCCS(C)(=O)=O)c1. The molecule has 0 saturated carbocycles. The minimum Gasteiger partial charge on any atom is -0.282 e. The maximum Gasteiger partial charge on any atom is 0.232 e. The first-order valence-electron chi connectivity index (χ1n) is 6.59. The summed E-state index contributed by atoms with van der Waals surface area (Å²) in [5.74, 6) is -0.411. The van der Waals surface area contributed by atoms with Crippen molar-refractivity contribution in [1.29, 1.82) is 0 Å². The molecular weight excluding hydrogens is 334 g/mol. The number of anilines is 1. The highest BCUT2D eigenvalue weighted by atomic mass is 35.5. The fraction of sp³-hybridized carbons (Fsp3) is 0.538. The second kappa shape index (κ2) is 7.47. The van der Waals surface area contributed by atoms with Crippen molar-refractivity contribution in [1.82, 2.24) is 0 Å². The number of sulfonamides is 1. The van der Waals surface area contributed by atoms with Crippen LogP contribution in [-0.2, 0) is 26.3 Å². The van der Waals surface area contributed by atoms with Gasteiger partial charge in [-0.3, -0.25) is 4.72 Å². The van der Waals surface area contributed by atoms with Crippen molar-refractivity contribution < 1.29 is 16.8 Å². The van der Waals surface area contributed by atoms with Gasteiger partial charge in [0.1, 0.15) is 9.84 Å². The molecule has 120 valence electrons. The Morgan fingerprint density at radius 2 is 1.81 bits per heavy atom. The van der Waals surface area contributed by atoms with E-state index in [0.717, 1.165) is 24.7 Å². The molecular formula is C13H20ClNO4S2. The van der Waals surface area contributed by atoms with Gasteiger partial charge >= 0.3 is 0 Å². The van der Waals surface area contributed by atoms with Crippen LogP contribution in [0.3, 0.4) is 0 Å². The van der Waals surface area contributed by atoms with E-state index in [1.807, 2.05) is 13.0 Å². The molecule has 5 nitrogen and oxygen atoms in total. The molecule has 21 heavy (non-hydrogen) atoms. The average Bonchev–Trinajstić information content (AvgIpc) is 2.31. The molecule has 0 spiro atoms. The first-order valence-corrected chi connectivity index (χ1v) is 10.7. The molecule has 0 bridgehead atoms. The third kappa shape index (κ3) is 7.15. The van der Waals surface area contributed by atoms with Crippen LogP contribution in [0.25, 0.3) is 0 Å². The molecule has 1 aromatic carbocycles. The number of hydrogen-bond donors (Lipinski definition) is 1. The minimum atomic E-state index is -3.61. The van der Waals surface area contributed by atoms with Crippen LogP contribution >= 0.6 is 11.6 Å². The molecule has 0 amide bonds. The molecule has 0 unspecified atom stereocenters. The first-order chi connectivity index (χ1) is 9.63. The Kier molecular flexibility index (Phi) is 6.49. The zero-order valence-corrected chi connectivity index (χ0v) is 14.5. The Hall–Kier alpha value is -0.790. The lowest BCUT2D eigenvalue weighted by Crippen LogP contribution is -2.19. The molecule has 8 heteroatoms. The van der Waals surface area contributed by atoms with Gasteiger partial charge in [0, 0.05) is 6.26 Å². The van der Waals surface area contributed by atoms with Crippen molar-refractivity contribution in [2.24, 2.45) is 0 Å². The fourth-order valence-corrected chi connectivity index (χ4v) is 4.03. The van der Waals surface area contributed by atoms with Crippen LogP contribution in [0.1, 0.15) is 25.3 Å². The maximum atomic E-state index is 11.9. The largest absolute Gasteiger partial charge is 0.282 e. The number of aryl methyl sites for hydroxylation is 1. The summed E-state index contributed by atoms with van der Waals surface area (Å²) in [7, 11) is -6.77. The van der Waals surface area contributed by atoms with E-state index in [4.69, 9.17) is 11.6 Å². The van der Waals surface area contributed by atoms with Crippen LogP contribution in [-0.4, -0.2) is 34.6 Å². The fourth-order valence-electron chi connectivity index (χ4n) is 1.82. The monoisotopic (exact) mass is 353 g/mol. The Morgan fingerprint density at radius 1 is 1.14 bits per heavy atom. The highest BCUT2D eigenvalue weighted by molar-refractivity contribution is 7.93. The van der Waals surface area contributed by atoms with E-state index >= 15 is 0 Å². The van der Waals surface area contributed by atoms with Crippen LogP contribution < -0.4 is 4.72 Å². The summed E-state index contributed by atoms with van der Waals surface area (Å²) in [6.07, 6.45) is 2.92. The predicted molar refractivity (Wildman–Crippen MR) is 87.2 cm³/mol. The van der Waals surface area contributed by atoms with Crippen molar-refractivity contribution in [2.45, 2.75) is 26.2 Å². The molecule has 1 N–H and O–H groups in total. The summed E-state index contributed by atoms with van der Waals surface area (Å²) in [5.41, 5.74) is 1.33. The van der Waals surface area contributed by atoms with Gasteiger partial charge in [0.25, 0.3) is 0 Å². The molecule has 0 aliphatic rings. The van der Waals surface area contributed by atoms with Crippen LogP contribution in [0, 0.1) is 0 Å². The van der Waals surface area contributed by atoms with Gasteiger partial charge in [-0.15, -0.1) is 0 Å². The normalized spacial score (nSPS) is 12.3. The van der Waals surface area contributed by atoms with Gasteiger partial charge in [-0.05, 0) is 30.5 Å². The zero-order valence-electron chi connectivity index (χ0n) is 12.1. The van der Waals surface area contributed by atoms with Gasteiger partial charge in [-0.25, -0.2) is 16.8 Å². The number of hydrogen-bond acceptors (Lipinski definition) is 4. The molecule has 0 aliphatic heterocycles. The standard InChI is InChI=1S/C13H20ClNO4S2/c1-3-5-11-6-7-12(14)13(10-11)15-21(18,19)9-4-8-20(2,16)17/h6-7,10,15H,3-5,8-9H2,1-2H3. The quantitative estimate of drug-likeness (QED) is 0.778. The summed E-state index contributed by atoms with van der Waals surface area (Å²) in [6, 6.07) is 5.22. The smallest absolute Gasteiger partial charge is 0.232 e. The van der Waals surface area contributed by atoms with E-state index in [1.165, 1.54) is 0 Å². The highest BCUT2D eigenvalue weighted by Gasteiger charge is 2.14. The van der Waals surface area contributed by atoms with E-state index in [-0.39, 0.29) is 17.9 Å². The molecule has 0 aliphatic carbocycles. The number of halogens is 1. The summed E-state index contributed by atoms with van der Waals surface area (Å²) < 4.78 is 48.3. The van der Waals surface area contributed by atoms with Crippen LogP contribution in [0.4, 0.5) is 5.69 Å². The van der Waals surface area contributed by atoms with Gasteiger partial charge in [0.15, 0.2) is 0 Å². The molecule has 0 radical (unpaired) electrons. The number of rotatable bonds is 8. The number of nitrogens with one attached hydrogen (secondary N) is 1. The average molecular weight is 354 g/mol. The Labute approximate surface area is 131 Å². The van der Waals surface area contributed by atoms with Crippen LogP contribution in [0.15, 0.2) is 18.2 Å². The third-order valence-corrected chi connectivity index (χ3v) is 5.48. The topological polar surface area (TPSA) is 80.3 Å². The second-order valence-corrected chi connectivity index (χ2v) is 9.48. The van der Waals surface area contributed by atoms with Gasteiger partial charge in [-0.1, -0.05) is 31.0 Å². The van der Waals surface area contributed by atoms with E-state index in [9.17, 15) is 16.8 Å². The molecule has 0 saturated heterocycles. The molecule has 1 aromatic rings. The van der Waals surface area contributed by atoms with Crippen molar-refractivity contribution in [3.63, 3.8) is 0 Å². The summed E-state index contributed by atoms with van der Waals surface area (Å²) in [5, 5.41) is 0.321. The second-order valence-electron chi connectivity index (χ2n) is 4.97. The van der Waals surface area contributed by atoms with Gasteiger partial charge in [-0.2, -0.15) is 0 Å². The lowest BCUT2D eigenvalue weighted by Gasteiger charge is -2.11. The lowest BCUT2D eigenvalue weighted by molar-refractivity contribution is 0.595. The number of sulfone groups is 1. The van der Waals surface area contributed by atoms with Crippen molar-refractivity contribution >= 4 is 37.1 Å². The summed E-state index contributed by atoms with van der Waals surface area (Å²) in [6.45, 7) is 2.03. The first kappa shape index (κ1) is 18.3. The van der Waals surface area contributed by atoms with E-state index < -0.39 is 19.9 Å². The zero-order chi connectivity index (χ0) is 16.1. The van der Waals surface area contributed by atoms with Crippen molar-refractivity contribution in [2.75, 3.05) is 22.5 Å². The van der Waals surface area contributed by atoms with E-state index in [2.05, 4.69) is 4.72 Å². The Balaban J connectivity index is 2.76. The van der Waals surface area contributed by atoms with E-state index in [0.29, 0.717) is 10.7 Å². The molecule has 0 fully saturated rings. The van der Waals surface area contributed by atoms with Crippen molar-refractivity contribution in [3.8, 4) is 0 Å².